The second kappa shape index (κ2) is 6.87. The first-order valence-corrected chi connectivity index (χ1v) is 8.86. The highest BCUT2D eigenvalue weighted by atomic mass is 35.5. The molecule has 8 heteroatoms. The zero-order chi connectivity index (χ0) is 19.2. The molecule has 0 radical (unpaired) electrons. The number of amides is 2. The van der Waals surface area contributed by atoms with E-state index < -0.39 is 11.8 Å². The van der Waals surface area contributed by atoms with Crippen molar-refractivity contribution in [3.05, 3.63) is 56.8 Å². The van der Waals surface area contributed by atoms with Crippen molar-refractivity contribution in [2.24, 2.45) is 0 Å². The SMILES string of the molecule is Cc1cc(/C=C2/C(=O)NC(=S)N(C)C2=O)c(C)n1-c1ccc(Cl)c(Cl)c1. The van der Waals surface area contributed by atoms with E-state index in [0.717, 1.165) is 22.6 Å². The van der Waals surface area contributed by atoms with Crippen LogP contribution in [0.25, 0.3) is 11.8 Å². The predicted molar refractivity (Wildman–Crippen MR) is 107 cm³/mol. The molecular formula is C18H15Cl2N3O2S. The number of rotatable bonds is 2. The molecule has 1 aliphatic heterocycles. The number of likely N-dealkylation sites (N-methyl/N-ethyl adjacent to an activating group) is 1. The Morgan fingerprint density at radius 3 is 2.46 bits per heavy atom. The van der Waals surface area contributed by atoms with Crippen LogP contribution in [-0.2, 0) is 9.59 Å². The van der Waals surface area contributed by atoms with E-state index in [2.05, 4.69) is 5.32 Å². The quantitative estimate of drug-likeness (QED) is 0.469. The van der Waals surface area contributed by atoms with Gasteiger partial charge in [0.05, 0.1) is 10.0 Å². The molecule has 0 unspecified atom stereocenters. The number of nitrogens with one attached hydrogen (secondary N) is 1. The van der Waals surface area contributed by atoms with Crippen molar-refractivity contribution in [1.29, 1.82) is 0 Å². The van der Waals surface area contributed by atoms with Crippen molar-refractivity contribution >= 4 is 58.4 Å². The molecule has 2 aromatic rings. The van der Waals surface area contributed by atoms with Gasteiger partial charge < -0.3 is 4.57 Å². The van der Waals surface area contributed by atoms with Crippen LogP contribution >= 0.6 is 35.4 Å². The lowest BCUT2D eigenvalue weighted by Crippen LogP contribution is -2.52. The highest BCUT2D eigenvalue weighted by Crippen LogP contribution is 2.28. The summed E-state index contributed by atoms with van der Waals surface area (Å²) in [5.41, 5.74) is 3.44. The van der Waals surface area contributed by atoms with E-state index in [9.17, 15) is 9.59 Å². The molecule has 0 atom stereocenters. The van der Waals surface area contributed by atoms with Gasteiger partial charge in [0.1, 0.15) is 5.57 Å². The van der Waals surface area contributed by atoms with E-state index in [1.165, 1.54) is 11.9 Å². The van der Waals surface area contributed by atoms with Gasteiger partial charge in [0.25, 0.3) is 11.8 Å². The van der Waals surface area contributed by atoms with Crippen LogP contribution in [-0.4, -0.2) is 33.4 Å². The Balaban J connectivity index is 2.08. The van der Waals surface area contributed by atoms with Gasteiger partial charge in [0.15, 0.2) is 5.11 Å². The minimum Gasteiger partial charge on any atom is -0.318 e. The molecule has 2 amide bonds. The zero-order valence-corrected chi connectivity index (χ0v) is 16.6. The van der Waals surface area contributed by atoms with E-state index in [4.69, 9.17) is 35.4 Å². The van der Waals surface area contributed by atoms with Gasteiger partial charge in [0, 0.05) is 24.1 Å². The molecule has 134 valence electrons. The minimum absolute atomic E-state index is 0.0375. The molecule has 0 saturated carbocycles. The fourth-order valence-corrected chi connectivity index (χ4v) is 3.32. The maximum absolute atomic E-state index is 12.4. The number of halogens is 2. The first-order chi connectivity index (χ1) is 12.2. The summed E-state index contributed by atoms with van der Waals surface area (Å²) in [6.45, 7) is 3.84. The summed E-state index contributed by atoms with van der Waals surface area (Å²) in [5, 5.41) is 3.53. The average Bonchev–Trinajstić information content (AvgIpc) is 2.86. The maximum atomic E-state index is 12.4. The monoisotopic (exact) mass is 407 g/mol. The standard InChI is InChI=1S/C18H15Cl2N3O2S/c1-9-6-11(7-13-16(24)21-18(26)22(3)17(13)25)10(2)23(9)12-4-5-14(19)15(20)8-12/h4-8H,1-3H3,(H,21,24,26)/b13-7-. The first-order valence-electron chi connectivity index (χ1n) is 7.70. The molecule has 1 aromatic carbocycles. The Hall–Kier alpha value is -2.15. The lowest BCUT2D eigenvalue weighted by Gasteiger charge is -2.25. The molecule has 1 saturated heterocycles. The first kappa shape index (κ1) is 18.6. The smallest absolute Gasteiger partial charge is 0.265 e. The zero-order valence-electron chi connectivity index (χ0n) is 14.3. The van der Waals surface area contributed by atoms with E-state index in [1.54, 1.807) is 18.2 Å². The third-order valence-corrected chi connectivity index (χ3v) is 5.35. The van der Waals surface area contributed by atoms with Gasteiger partial charge >= 0.3 is 0 Å². The highest BCUT2D eigenvalue weighted by molar-refractivity contribution is 7.80. The van der Waals surface area contributed by atoms with Gasteiger partial charge in [-0.1, -0.05) is 23.2 Å². The average molecular weight is 408 g/mol. The minimum atomic E-state index is -0.502. The van der Waals surface area contributed by atoms with Crippen molar-refractivity contribution in [1.82, 2.24) is 14.8 Å². The van der Waals surface area contributed by atoms with Crippen LogP contribution in [0.2, 0.25) is 10.0 Å². The lowest BCUT2D eigenvalue weighted by atomic mass is 10.1. The second-order valence-corrected chi connectivity index (χ2v) is 7.14. The number of benzene rings is 1. The largest absolute Gasteiger partial charge is 0.318 e. The second-order valence-electron chi connectivity index (χ2n) is 5.94. The number of thiocarbonyl (C=S) groups is 1. The molecule has 2 heterocycles. The van der Waals surface area contributed by atoms with Gasteiger partial charge in [-0.15, -0.1) is 0 Å². The van der Waals surface area contributed by atoms with Gasteiger partial charge in [-0.25, -0.2) is 0 Å². The van der Waals surface area contributed by atoms with Crippen molar-refractivity contribution in [3.63, 3.8) is 0 Å². The van der Waals surface area contributed by atoms with Gasteiger partial charge in [-0.05, 0) is 62.0 Å². The van der Waals surface area contributed by atoms with Crippen molar-refractivity contribution in [3.8, 4) is 5.69 Å². The molecule has 5 nitrogen and oxygen atoms in total. The van der Waals surface area contributed by atoms with Gasteiger partial charge in [-0.3, -0.25) is 19.8 Å². The molecule has 0 aliphatic carbocycles. The van der Waals surface area contributed by atoms with E-state index in [0.29, 0.717) is 10.0 Å². The highest BCUT2D eigenvalue weighted by Gasteiger charge is 2.31. The fourth-order valence-electron chi connectivity index (χ4n) is 2.86. The summed E-state index contributed by atoms with van der Waals surface area (Å²) in [7, 11) is 1.52. The number of hydrogen-bond acceptors (Lipinski definition) is 3. The molecule has 0 bridgehead atoms. The fraction of sp³-hybridized carbons (Fsp3) is 0.167. The molecule has 1 aliphatic rings. The Kier molecular flexibility index (Phi) is 4.92. The Morgan fingerprint density at radius 2 is 1.81 bits per heavy atom. The molecule has 26 heavy (non-hydrogen) atoms. The molecule has 1 N–H and O–H groups in total. The number of aryl methyl sites for hydroxylation is 1. The Morgan fingerprint density at radius 1 is 1.12 bits per heavy atom. The van der Waals surface area contributed by atoms with E-state index in [1.807, 2.05) is 30.5 Å². The summed E-state index contributed by atoms with van der Waals surface area (Å²) in [4.78, 5) is 25.8. The van der Waals surface area contributed by atoms with E-state index >= 15 is 0 Å². The number of aromatic nitrogens is 1. The van der Waals surface area contributed by atoms with Gasteiger partial charge in [-0.2, -0.15) is 0 Å². The van der Waals surface area contributed by atoms with Crippen molar-refractivity contribution < 1.29 is 9.59 Å². The van der Waals surface area contributed by atoms with Crippen LogP contribution in [0.3, 0.4) is 0 Å². The summed E-state index contributed by atoms with van der Waals surface area (Å²) in [6, 6.07) is 7.25. The van der Waals surface area contributed by atoms with Crippen LogP contribution in [0.5, 0.6) is 0 Å². The Labute approximate surface area is 166 Å². The Bertz CT molecular complexity index is 995. The van der Waals surface area contributed by atoms with Crippen LogP contribution in [0.1, 0.15) is 17.0 Å². The number of carbonyl (C=O) groups excluding carboxylic acids is 2. The summed E-state index contributed by atoms with van der Waals surface area (Å²) in [6.07, 6.45) is 1.58. The molecule has 1 aromatic heterocycles. The lowest BCUT2D eigenvalue weighted by molar-refractivity contribution is -0.128. The van der Waals surface area contributed by atoms with Crippen LogP contribution in [0.15, 0.2) is 29.8 Å². The summed E-state index contributed by atoms with van der Waals surface area (Å²) < 4.78 is 1.98. The van der Waals surface area contributed by atoms with Crippen LogP contribution in [0.4, 0.5) is 0 Å². The number of nitrogens with zero attached hydrogens (tertiary/aromatic N) is 2. The normalized spacial score (nSPS) is 16.4. The molecule has 3 rings (SSSR count). The maximum Gasteiger partial charge on any atom is 0.265 e. The molecule has 0 spiro atoms. The molecule has 1 fully saturated rings. The third-order valence-electron chi connectivity index (χ3n) is 4.24. The molecular weight excluding hydrogens is 393 g/mol. The van der Waals surface area contributed by atoms with E-state index in [-0.39, 0.29) is 10.7 Å². The summed E-state index contributed by atoms with van der Waals surface area (Å²) in [5.74, 6) is -0.935. The number of hydrogen-bond donors (Lipinski definition) is 1. The van der Waals surface area contributed by atoms with Crippen LogP contribution < -0.4 is 5.32 Å². The topological polar surface area (TPSA) is 54.3 Å². The third kappa shape index (κ3) is 3.16. The van der Waals surface area contributed by atoms with Crippen molar-refractivity contribution in [2.45, 2.75) is 13.8 Å². The predicted octanol–water partition coefficient (Wildman–Crippen LogP) is 3.66. The van der Waals surface area contributed by atoms with Crippen molar-refractivity contribution in [2.75, 3.05) is 7.05 Å². The summed E-state index contributed by atoms with van der Waals surface area (Å²) >= 11 is 17.1. The van der Waals surface area contributed by atoms with Gasteiger partial charge in [0.2, 0.25) is 0 Å². The van der Waals surface area contributed by atoms with Crippen LogP contribution in [0, 0.1) is 13.8 Å². The number of carbonyl (C=O) groups is 2.